The van der Waals surface area contributed by atoms with Gasteiger partial charge in [0.15, 0.2) is 0 Å². The van der Waals surface area contributed by atoms with Crippen LogP contribution in [0.3, 0.4) is 0 Å². The molecular formula is C21H24N4O3S2. The average Bonchev–Trinajstić information content (AvgIpc) is 3.45. The Morgan fingerprint density at radius 3 is 2.83 bits per heavy atom. The number of benzene rings is 1. The summed E-state index contributed by atoms with van der Waals surface area (Å²) >= 11 is 1.20. The van der Waals surface area contributed by atoms with Crippen molar-refractivity contribution in [3.05, 3.63) is 65.6 Å². The molecule has 1 fully saturated rings. The van der Waals surface area contributed by atoms with Gasteiger partial charge < -0.3 is 9.88 Å². The Labute approximate surface area is 180 Å². The minimum atomic E-state index is -3.53. The van der Waals surface area contributed by atoms with Gasteiger partial charge in [-0.3, -0.25) is 4.79 Å². The van der Waals surface area contributed by atoms with Crippen LogP contribution < -0.4 is 5.32 Å². The zero-order chi connectivity index (χ0) is 21.1. The van der Waals surface area contributed by atoms with E-state index in [4.69, 9.17) is 0 Å². The van der Waals surface area contributed by atoms with Gasteiger partial charge >= 0.3 is 0 Å². The van der Waals surface area contributed by atoms with Crippen molar-refractivity contribution in [3.63, 3.8) is 0 Å². The molecule has 0 radical (unpaired) electrons. The standard InChI is InChI=1S/C21H24N4O3S2/c1-16-22-10-12-25(16)19-8-3-2-6-17(19)14-23-21(26)18-7-4-11-24(15-18)30(27,28)20-9-5-13-29-20/h2-3,5-6,8-10,12-13,18H,4,7,11,14-15H2,1H3,(H,23,26). The number of carbonyl (C=O) groups is 1. The Kier molecular flexibility index (Phi) is 6.03. The van der Waals surface area contributed by atoms with E-state index in [2.05, 4.69) is 10.3 Å². The number of carbonyl (C=O) groups excluding carboxylic acids is 1. The minimum Gasteiger partial charge on any atom is -0.352 e. The van der Waals surface area contributed by atoms with E-state index in [1.54, 1.807) is 23.7 Å². The number of hydrogen-bond acceptors (Lipinski definition) is 5. The van der Waals surface area contributed by atoms with E-state index in [9.17, 15) is 13.2 Å². The first kappa shape index (κ1) is 20.8. The summed E-state index contributed by atoms with van der Waals surface area (Å²) in [5, 5.41) is 4.76. The van der Waals surface area contributed by atoms with E-state index >= 15 is 0 Å². The van der Waals surface area contributed by atoms with E-state index in [0.29, 0.717) is 30.1 Å². The molecular weight excluding hydrogens is 420 g/mol. The van der Waals surface area contributed by atoms with Crippen molar-refractivity contribution in [2.75, 3.05) is 13.1 Å². The third-order valence-corrected chi connectivity index (χ3v) is 8.61. The number of aryl methyl sites for hydroxylation is 1. The zero-order valence-electron chi connectivity index (χ0n) is 16.7. The molecule has 1 unspecified atom stereocenters. The fourth-order valence-corrected chi connectivity index (χ4v) is 6.44. The Hall–Kier alpha value is -2.49. The van der Waals surface area contributed by atoms with Crippen molar-refractivity contribution in [2.45, 2.75) is 30.5 Å². The van der Waals surface area contributed by atoms with E-state index in [-0.39, 0.29) is 18.4 Å². The lowest BCUT2D eigenvalue weighted by molar-refractivity contribution is -0.126. The molecule has 0 spiro atoms. The first-order valence-corrected chi connectivity index (χ1v) is 12.2. The minimum absolute atomic E-state index is 0.113. The molecule has 0 aliphatic carbocycles. The third-order valence-electron chi connectivity index (χ3n) is 5.37. The van der Waals surface area contributed by atoms with Gasteiger partial charge in [0, 0.05) is 32.0 Å². The lowest BCUT2D eigenvalue weighted by Crippen LogP contribution is -2.45. The SMILES string of the molecule is Cc1nccn1-c1ccccc1CNC(=O)C1CCCN(S(=O)(=O)c2cccs2)C1. The van der Waals surface area contributed by atoms with Crippen LogP contribution in [0.25, 0.3) is 5.69 Å². The van der Waals surface area contributed by atoms with Crippen LogP contribution in [0.1, 0.15) is 24.2 Å². The number of hydrogen-bond donors (Lipinski definition) is 1. The van der Waals surface area contributed by atoms with Gasteiger partial charge in [-0.25, -0.2) is 13.4 Å². The summed E-state index contributed by atoms with van der Waals surface area (Å²) in [7, 11) is -3.53. The molecule has 1 aromatic carbocycles. The number of sulfonamides is 1. The summed E-state index contributed by atoms with van der Waals surface area (Å²) < 4.78 is 29.3. The molecule has 3 aromatic rings. The van der Waals surface area contributed by atoms with Crippen molar-refractivity contribution < 1.29 is 13.2 Å². The maximum Gasteiger partial charge on any atom is 0.252 e. The number of para-hydroxylation sites is 1. The second-order valence-corrected chi connectivity index (χ2v) is 10.4. The molecule has 1 aliphatic rings. The summed E-state index contributed by atoms with van der Waals surface area (Å²) in [5.41, 5.74) is 1.95. The maximum absolute atomic E-state index is 12.8. The molecule has 1 N–H and O–H groups in total. The quantitative estimate of drug-likeness (QED) is 0.634. The van der Waals surface area contributed by atoms with Crippen LogP contribution in [-0.2, 0) is 21.4 Å². The molecule has 9 heteroatoms. The van der Waals surface area contributed by atoms with E-state index < -0.39 is 10.0 Å². The van der Waals surface area contributed by atoms with Gasteiger partial charge in [-0.05, 0) is 42.8 Å². The van der Waals surface area contributed by atoms with E-state index in [1.807, 2.05) is 42.0 Å². The lowest BCUT2D eigenvalue weighted by atomic mass is 9.98. The Morgan fingerprint density at radius 1 is 1.27 bits per heavy atom. The van der Waals surface area contributed by atoms with Crippen LogP contribution in [-0.4, -0.2) is 41.3 Å². The maximum atomic E-state index is 12.8. The monoisotopic (exact) mass is 444 g/mol. The number of amides is 1. The Bertz CT molecular complexity index is 1120. The van der Waals surface area contributed by atoms with Gasteiger partial charge in [-0.2, -0.15) is 4.31 Å². The lowest BCUT2D eigenvalue weighted by Gasteiger charge is -2.30. The molecule has 158 valence electrons. The van der Waals surface area contributed by atoms with Crippen molar-refractivity contribution >= 4 is 27.3 Å². The summed E-state index contributed by atoms with van der Waals surface area (Å²) in [6, 6.07) is 11.2. The molecule has 1 saturated heterocycles. The highest BCUT2D eigenvalue weighted by molar-refractivity contribution is 7.91. The Balaban J connectivity index is 1.44. The predicted molar refractivity (Wildman–Crippen MR) is 116 cm³/mol. The molecule has 1 atom stereocenters. The van der Waals surface area contributed by atoms with Gasteiger partial charge in [0.25, 0.3) is 10.0 Å². The predicted octanol–water partition coefficient (Wildman–Crippen LogP) is 2.96. The number of nitrogens with one attached hydrogen (secondary N) is 1. The summed E-state index contributed by atoms with van der Waals surface area (Å²) in [6.45, 7) is 2.97. The first-order valence-electron chi connectivity index (χ1n) is 9.86. The number of aromatic nitrogens is 2. The molecule has 0 bridgehead atoms. The van der Waals surface area contributed by atoms with Crippen molar-refractivity contribution in [1.82, 2.24) is 19.2 Å². The van der Waals surface area contributed by atoms with Crippen LogP contribution in [0.2, 0.25) is 0 Å². The molecule has 7 nitrogen and oxygen atoms in total. The summed E-state index contributed by atoms with van der Waals surface area (Å²) in [6.07, 6.45) is 5.00. The number of piperidine rings is 1. The van der Waals surface area contributed by atoms with Crippen LogP contribution >= 0.6 is 11.3 Å². The third kappa shape index (κ3) is 4.19. The fraction of sp³-hybridized carbons (Fsp3) is 0.333. The summed E-state index contributed by atoms with van der Waals surface area (Å²) in [4.78, 5) is 17.1. The molecule has 1 aliphatic heterocycles. The second-order valence-electron chi connectivity index (χ2n) is 7.33. The molecule has 30 heavy (non-hydrogen) atoms. The smallest absolute Gasteiger partial charge is 0.252 e. The van der Waals surface area contributed by atoms with Crippen molar-refractivity contribution in [2.24, 2.45) is 5.92 Å². The zero-order valence-corrected chi connectivity index (χ0v) is 18.3. The largest absolute Gasteiger partial charge is 0.352 e. The highest BCUT2D eigenvalue weighted by Crippen LogP contribution is 2.26. The highest BCUT2D eigenvalue weighted by atomic mass is 32.2. The van der Waals surface area contributed by atoms with Crippen molar-refractivity contribution in [3.8, 4) is 5.69 Å². The molecule has 0 saturated carbocycles. The second kappa shape index (κ2) is 8.71. The first-order chi connectivity index (χ1) is 14.5. The summed E-state index contributed by atoms with van der Waals surface area (Å²) in [5.74, 6) is 0.407. The van der Waals surface area contributed by atoms with Crippen LogP contribution in [0.4, 0.5) is 0 Å². The van der Waals surface area contributed by atoms with Crippen molar-refractivity contribution in [1.29, 1.82) is 0 Å². The molecule has 4 rings (SSSR count). The fourth-order valence-electron chi connectivity index (χ4n) is 3.77. The molecule has 2 aromatic heterocycles. The molecule has 1 amide bonds. The van der Waals surface area contributed by atoms with Crippen LogP contribution in [0.15, 0.2) is 58.4 Å². The number of thiophene rings is 1. The van der Waals surface area contributed by atoms with Crippen LogP contribution in [0, 0.1) is 12.8 Å². The normalized spacial score (nSPS) is 17.7. The highest BCUT2D eigenvalue weighted by Gasteiger charge is 2.33. The van der Waals surface area contributed by atoms with E-state index in [0.717, 1.165) is 17.1 Å². The topological polar surface area (TPSA) is 84.3 Å². The van der Waals surface area contributed by atoms with Gasteiger partial charge in [-0.1, -0.05) is 24.3 Å². The Morgan fingerprint density at radius 2 is 2.10 bits per heavy atom. The number of imidazole rings is 1. The van der Waals surface area contributed by atoms with Gasteiger partial charge in [0.2, 0.25) is 5.91 Å². The molecule has 3 heterocycles. The number of nitrogens with zero attached hydrogens (tertiary/aromatic N) is 3. The number of rotatable bonds is 6. The van der Waals surface area contributed by atoms with Crippen LogP contribution in [0.5, 0.6) is 0 Å². The van der Waals surface area contributed by atoms with E-state index in [1.165, 1.54) is 15.6 Å². The van der Waals surface area contributed by atoms with Gasteiger partial charge in [-0.15, -0.1) is 11.3 Å². The average molecular weight is 445 g/mol. The van der Waals surface area contributed by atoms with Gasteiger partial charge in [0.05, 0.1) is 11.6 Å². The van der Waals surface area contributed by atoms with Gasteiger partial charge in [0.1, 0.15) is 10.0 Å².